The van der Waals surface area contributed by atoms with Gasteiger partial charge in [-0.05, 0) is 5.92 Å². The van der Waals surface area contributed by atoms with Gasteiger partial charge < -0.3 is 0 Å². The Kier molecular flexibility index (Phi) is 2.54. The highest BCUT2D eigenvalue weighted by Gasteiger charge is 2.00. The van der Waals surface area contributed by atoms with E-state index in [0.717, 1.165) is 5.69 Å². The summed E-state index contributed by atoms with van der Waals surface area (Å²) in [7, 11) is 0. The van der Waals surface area contributed by atoms with Crippen LogP contribution in [-0.2, 0) is 11.7 Å². The molecular formula is C8H11N2O. The molecule has 0 atom stereocenters. The quantitative estimate of drug-likeness (QED) is 0.643. The SMILES string of the molecule is CC(C)c1cnc(C[O])cn1. The van der Waals surface area contributed by atoms with Crippen molar-refractivity contribution in [3.63, 3.8) is 0 Å². The zero-order valence-corrected chi connectivity index (χ0v) is 6.74. The molecule has 1 rings (SSSR count). The molecule has 0 amide bonds. The Labute approximate surface area is 66.1 Å². The fourth-order valence-corrected chi connectivity index (χ4v) is 0.737. The Bertz CT molecular complexity index is 218. The molecule has 1 radical (unpaired) electrons. The molecule has 3 nitrogen and oxygen atoms in total. The van der Waals surface area contributed by atoms with E-state index in [1.165, 1.54) is 0 Å². The largest absolute Gasteiger partial charge is 0.257 e. The Morgan fingerprint density at radius 3 is 2.45 bits per heavy atom. The van der Waals surface area contributed by atoms with E-state index in [1.54, 1.807) is 12.4 Å². The molecule has 0 aliphatic rings. The molecule has 1 aromatic heterocycles. The van der Waals surface area contributed by atoms with Gasteiger partial charge in [0.2, 0.25) is 0 Å². The van der Waals surface area contributed by atoms with E-state index in [4.69, 9.17) is 0 Å². The van der Waals surface area contributed by atoms with Gasteiger partial charge in [0, 0.05) is 6.20 Å². The monoisotopic (exact) mass is 151 g/mol. The maximum atomic E-state index is 10.3. The van der Waals surface area contributed by atoms with Gasteiger partial charge in [0.05, 0.1) is 17.6 Å². The zero-order chi connectivity index (χ0) is 8.27. The maximum Gasteiger partial charge on any atom is 0.126 e. The minimum Gasteiger partial charge on any atom is -0.257 e. The van der Waals surface area contributed by atoms with Crippen molar-refractivity contribution < 1.29 is 5.11 Å². The Morgan fingerprint density at radius 1 is 1.36 bits per heavy atom. The van der Waals surface area contributed by atoms with Gasteiger partial charge >= 0.3 is 0 Å². The van der Waals surface area contributed by atoms with Crippen LogP contribution in [0.5, 0.6) is 0 Å². The third-order valence-electron chi connectivity index (χ3n) is 1.46. The summed E-state index contributed by atoms with van der Waals surface area (Å²) in [5, 5.41) is 10.3. The standard InChI is InChI=1S/C8H11N2O/c1-6(2)8-4-9-7(5-11)3-10-8/h3-4,6H,5H2,1-2H3. The molecular weight excluding hydrogens is 140 g/mol. The third kappa shape index (κ3) is 1.98. The predicted octanol–water partition coefficient (Wildman–Crippen LogP) is 1.53. The average Bonchev–Trinajstić information content (AvgIpc) is 2.05. The number of nitrogens with zero attached hydrogens (tertiary/aromatic N) is 2. The van der Waals surface area contributed by atoms with Crippen LogP contribution in [0, 0.1) is 0 Å². The van der Waals surface area contributed by atoms with Crippen LogP contribution in [0.1, 0.15) is 31.2 Å². The molecule has 0 saturated carbocycles. The molecule has 59 valence electrons. The van der Waals surface area contributed by atoms with Gasteiger partial charge in [-0.2, -0.15) is 0 Å². The fraction of sp³-hybridized carbons (Fsp3) is 0.500. The highest BCUT2D eigenvalue weighted by molar-refractivity contribution is 5.04. The van der Waals surface area contributed by atoms with E-state index in [9.17, 15) is 5.11 Å². The van der Waals surface area contributed by atoms with E-state index in [2.05, 4.69) is 9.97 Å². The maximum absolute atomic E-state index is 10.3. The lowest BCUT2D eigenvalue weighted by Crippen LogP contribution is -1.96. The third-order valence-corrected chi connectivity index (χ3v) is 1.46. The molecule has 0 aliphatic carbocycles. The van der Waals surface area contributed by atoms with Crippen molar-refractivity contribution in [2.45, 2.75) is 26.4 Å². The van der Waals surface area contributed by atoms with Crippen LogP contribution >= 0.6 is 0 Å². The van der Waals surface area contributed by atoms with Gasteiger partial charge in [-0.25, -0.2) is 5.11 Å². The Morgan fingerprint density at radius 2 is 2.09 bits per heavy atom. The van der Waals surface area contributed by atoms with Gasteiger partial charge in [0.1, 0.15) is 6.61 Å². The lowest BCUT2D eigenvalue weighted by molar-refractivity contribution is 0.173. The molecule has 3 heteroatoms. The smallest absolute Gasteiger partial charge is 0.126 e. The van der Waals surface area contributed by atoms with Gasteiger partial charge in [0.25, 0.3) is 0 Å². The van der Waals surface area contributed by atoms with E-state index in [1.807, 2.05) is 13.8 Å². The van der Waals surface area contributed by atoms with Crippen molar-refractivity contribution in [3.05, 3.63) is 23.8 Å². The Hall–Kier alpha value is -0.960. The normalized spacial score (nSPS) is 10.5. The summed E-state index contributed by atoms with van der Waals surface area (Å²) in [5.41, 5.74) is 1.44. The lowest BCUT2D eigenvalue weighted by atomic mass is 10.1. The number of hydrogen-bond acceptors (Lipinski definition) is 2. The average molecular weight is 151 g/mol. The highest BCUT2D eigenvalue weighted by Crippen LogP contribution is 2.08. The first-order chi connectivity index (χ1) is 5.24. The first-order valence-corrected chi connectivity index (χ1v) is 3.63. The van der Waals surface area contributed by atoms with Gasteiger partial charge in [-0.1, -0.05) is 13.8 Å². The summed E-state index contributed by atoms with van der Waals surface area (Å²) in [4.78, 5) is 8.03. The minimum absolute atomic E-state index is 0.286. The minimum atomic E-state index is -0.286. The zero-order valence-electron chi connectivity index (χ0n) is 6.74. The molecule has 0 N–H and O–H groups in total. The summed E-state index contributed by atoms with van der Waals surface area (Å²) < 4.78 is 0. The summed E-state index contributed by atoms with van der Waals surface area (Å²) in [6.45, 7) is 3.80. The lowest BCUT2D eigenvalue weighted by Gasteiger charge is -2.02. The Balaban J connectivity index is 2.83. The van der Waals surface area contributed by atoms with Crippen LogP contribution in [0.25, 0.3) is 0 Å². The van der Waals surface area contributed by atoms with Crippen molar-refractivity contribution in [3.8, 4) is 0 Å². The molecule has 0 fully saturated rings. The van der Waals surface area contributed by atoms with Gasteiger partial charge in [0.15, 0.2) is 0 Å². The predicted molar refractivity (Wildman–Crippen MR) is 40.5 cm³/mol. The molecule has 0 aromatic carbocycles. The van der Waals surface area contributed by atoms with E-state index in [0.29, 0.717) is 11.6 Å². The summed E-state index contributed by atoms with van der Waals surface area (Å²) >= 11 is 0. The van der Waals surface area contributed by atoms with Crippen molar-refractivity contribution in [2.24, 2.45) is 0 Å². The molecule has 0 aliphatic heterocycles. The molecule has 1 heterocycles. The highest BCUT2D eigenvalue weighted by atomic mass is 16.3. The van der Waals surface area contributed by atoms with Crippen LogP contribution in [-0.4, -0.2) is 9.97 Å². The van der Waals surface area contributed by atoms with Crippen molar-refractivity contribution >= 4 is 0 Å². The number of aromatic nitrogens is 2. The number of rotatable bonds is 2. The second kappa shape index (κ2) is 3.44. The fourth-order valence-electron chi connectivity index (χ4n) is 0.737. The van der Waals surface area contributed by atoms with Crippen molar-refractivity contribution in [1.82, 2.24) is 9.97 Å². The topological polar surface area (TPSA) is 45.7 Å². The number of hydrogen-bond donors (Lipinski definition) is 0. The van der Waals surface area contributed by atoms with Crippen molar-refractivity contribution in [2.75, 3.05) is 0 Å². The summed E-state index contributed by atoms with van der Waals surface area (Å²) in [6.07, 6.45) is 3.21. The summed E-state index contributed by atoms with van der Waals surface area (Å²) in [5.74, 6) is 0.378. The second-order valence-corrected chi connectivity index (χ2v) is 2.73. The molecule has 11 heavy (non-hydrogen) atoms. The second-order valence-electron chi connectivity index (χ2n) is 2.73. The van der Waals surface area contributed by atoms with Gasteiger partial charge in [-0.15, -0.1) is 0 Å². The van der Waals surface area contributed by atoms with Crippen LogP contribution in [0.2, 0.25) is 0 Å². The van der Waals surface area contributed by atoms with Crippen LogP contribution in [0.4, 0.5) is 0 Å². The van der Waals surface area contributed by atoms with E-state index < -0.39 is 0 Å². The molecule has 0 saturated heterocycles. The molecule has 0 bridgehead atoms. The van der Waals surface area contributed by atoms with Crippen molar-refractivity contribution in [1.29, 1.82) is 0 Å². The van der Waals surface area contributed by atoms with Crippen LogP contribution in [0.15, 0.2) is 12.4 Å². The van der Waals surface area contributed by atoms with Gasteiger partial charge in [-0.3, -0.25) is 9.97 Å². The van der Waals surface area contributed by atoms with Crippen LogP contribution in [0.3, 0.4) is 0 Å². The van der Waals surface area contributed by atoms with Crippen LogP contribution < -0.4 is 0 Å². The first-order valence-electron chi connectivity index (χ1n) is 3.63. The van der Waals surface area contributed by atoms with E-state index in [-0.39, 0.29) is 6.61 Å². The van der Waals surface area contributed by atoms with E-state index >= 15 is 0 Å². The molecule has 0 unspecified atom stereocenters. The first kappa shape index (κ1) is 8.14. The molecule has 1 aromatic rings. The molecule has 0 spiro atoms. The summed E-state index contributed by atoms with van der Waals surface area (Å²) in [6, 6.07) is 0.